The SMILES string of the molecule is O=C(N/N=C/c1ccc2c(c1)CCC2)c1cccc([N+](=O)[O-])c1. The molecule has 0 fully saturated rings. The maximum Gasteiger partial charge on any atom is 0.271 e. The predicted molar refractivity (Wildman–Crippen MR) is 86.6 cm³/mol. The summed E-state index contributed by atoms with van der Waals surface area (Å²) in [5.74, 6) is -0.480. The molecule has 2 aromatic rings. The van der Waals surface area contributed by atoms with Gasteiger partial charge in [-0.3, -0.25) is 14.9 Å². The minimum atomic E-state index is -0.537. The highest BCUT2D eigenvalue weighted by atomic mass is 16.6. The molecule has 1 aliphatic rings. The molecule has 23 heavy (non-hydrogen) atoms. The molecule has 0 atom stereocenters. The van der Waals surface area contributed by atoms with Gasteiger partial charge in [0.1, 0.15) is 0 Å². The second-order valence-electron chi connectivity index (χ2n) is 5.39. The summed E-state index contributed by atoms with van der Waals surface area (Å²) >= 11 is 0. The summed E-state index contributed by atoms with van der Waals surface area (Å²) in [5.41, 5.74) is 6.10. The minimum Gasteiger partial charge on any atom is -0.267 e. The third kappa shape index (κ3) is 3.42. The van der Waals surface area contributed by atoms with E-state index in [1.165, 1.54) is 41.8 Å². The van der Waals surface area contributed by atoms with Gasteiger partial charge in [0.15, 0.2) is 0 Å². The van der Waals surface area contributed by atoms with Crippen molar-refractivity contribution in [1.82, 2.24) is 5.43 Å². The van der Waals surface area contributed by atoms with E-state index in [1.54, 1.807) is 6.21 Å². The van der Waals surface area contributed by atoms with Crippen molar-refractivity contribution in [2.45, 2.75) is 19.3 Å². The van der Waals surface area contributed by atoms with Crippen LogP contribution in [0.2, 0.25) is 0 Å². The molecule has 0 aliphatic heterocycles. The summed E-state index contributed by atoms with van der Waals surface area (Å²) in [7, 11) is 0. The Hall–Kier alpha value is -3.02. The number of carbonyl (C=O) groups excluding carboxylic acids is 1. The lowest BCUT2D eigenvalue weighted by Crippen LogP contribution is -2.17. The summed E-state index contributed by atoms with van der Waals surface area (Å²) in [4.78, 5) is 22.1. The number of carbonyl (C=O) groups is 1. The molecule has 1 amide bonds. The normalized spacial score (nSPS) is 13.0. The molecule has 1 aliphatic carbocycles. The van der Waals surface area contributed by atoms with Crippen molar-refractivity contribution >= 4 is 17.8 Å². The number of fused-ring (bicyclic) bond motifs is 1. The second-order valence-corrected chi connectivity index (χ2v) is 5.39. The average molecular weight is 309 g/mol. The Morgan fingerprint density at radius 1 is 1.17 bits per heavy atom. The zero-order valence-corrected chi connectivity index (χ0v) is 12.4. The highest BCUT2D eigenvalue weighted by molar-refractivity contribution is 5.95. The Morgan fingerprint density at radius 3 is 2.83 bits per heavy atom. The molecular formula is C17H15N3O3. The van der Waals surface area contributed by atoms with Gasteiger partial charge in [0.2, 0.25) is 0 Å². The van der Waals surface area contributed by atoms with Crippen LogP contribution in [-0.2, 0) is 12.8 Å². The Balaban J connectivity index is 1.67. The molecule has 3 rings (SSSR count). The van der Waals surface area contributed by atoms with Crippen LogP contribution < -0.4 is 5.43 Å². The number of amides is 1. The molecule has 0 spiro atoms. The Bertz CT molecular complexity index is 799. The van der Waals surface area contributed by atoms with Crippen molar-refractivity contribution in [3.05, 3.63) is 74.8 Å². The molecule has 0 radical (unpaired) electrons. The van der Waals surface area contributed by atoms with Gasteiger partial charge >= 0.3 is 0 Å². The van der Waals surface area contributed by atoms with Crippen molar-refractivity contribution in [3.8, 4) is 0 Å². The highest BCUT2D eigenvalue weighted by Gasteiger charge is 2.11. The van der Waals surface area contributed by atoms with Crippen LogP contribution in [0.1, 0.15) is 33.5 Å². The summed E-state index contributed by atoms with van der Waals surface area (Å²) < 4.78 is 0. The van der Waals surface area contributed by atoms with Crippen molar-refractivity contribution in [1.29, 1.82) is 0 Å². The van der Waals surface area contributed by atoms with E-state index in [0.29, 0.717) is 0 Å². The van der Waals surface area contributed by atoms with Gasteiger partial charge in [-0.1, -0.05) is 18.2 Å². The smallest absolute Gasteiger partial charge is 0.267 e. The van der Waals surface area contributed by atoms with Gasteiger partial charge in [-0.15, -0.1) is 0 Å². The molecule has 0 unspecified atom stereocenters. The molecule has 0 aromatic heterocycles. The minimum absolute atomic E-state index is 0.125. The number of hydrogen-bond donors (Lipinski definition) is 1. The van der Waals surface area contributed by atoms with Crippen LogP contribution in [0, 0.1) is 10.1 Å². The van der Waals surface area contributed by atoms with Crippen molar-refractivity contribution < 1.29 is 9.72 Å². The highest BCUT2D eigenvalue weighted by Crippen LogP contribution is 2.22. The van der Waals surface area contributed by atoms with Gasteiger partial charge in [0, 0.05) is 17.7 Å². The fourth-order valence-electron chi connectivity index (χ4n) is 2.66. The van der Waals surface area contributed by atoms with E-state index < -0.39 is 10.8 Å². The number of nitrogens with one attached hydrogen (secondary N) is 1. The molecule has 116 valence electrons. The average Bonchev–Trinajstić information content (AvgIpc) is 3.02. The molecule has 0 bridgehead atoms. The van der Waals surface area contributed by atoms with Gasteiger partial charge in [0.25, 0.3) is 11.6 Å². The number of benzene rings is 2. The van der Waals surface area contributed by atoms with Crippen molar-refractivity contribution in [3.63, 3.8) is 0 Å². The van der Waals surface area contributed by atoms with Crippen LogP contribution in [-0.4, -0.2) is 17.0 Å². The number of nitrogens with zero attached hydrogens (tertiary/aromatic N) is 2. The molecule has 1 N–H and O–H groups in total. The molecule has 0 saturated carbocycles. The van der Waals surface area contributed by atoms with E-state index in [1.807, 2.05) is 6.07 Å². The molecule has 6 heteroatoms. The lowest BCUT2D eigenvalue weighted by atomic mass is 10.1. The molecular weight excluding hydrogens is 294 g/mol. The summed E-state index contributed by atoms with van der Waals surface area (Å²) in [6, 6.07) is 11.7. The fraction of sp³-hybridized carbons (Fsp3) is 0.176. The number of hydrogen-bond acceptors (Lipinski definition) is 4. The molecule has 2 aromatic carbocycles. The third-order valence-corrected chi connectivity index (χ3v) is 3.82. The van der Waals surface area contributed by atoms with E-state index in [-0.39, 0.29) is 11.3 Å². The van der Waals surface area contributed by atoms with Crippen LogP contribution in [0.25, 0.3) is 0 Å². The fourth-order valence-corrected chi connectivity index (χ4v) is 2.66. The van der Waals surface area contributed by atoms with Crippen molar-refractivity contribution in [2.75, 3.05) is 0 Å². The lowest BCUT2D eigenvalue weighted by molar-refractivity contribution is -0.384. The number of aryl methyl sites for hydroxylation is 2. The van der Waals surface area contributed by atoms with E-state index in [4.69, 9.17) is 0 Å². The number of hydrazone groups is 1. The van der Waals surface area contributed by atoms with E-state index in [2.05, 4.69) is 22.7 Å². The van der Waals surface area contributed by atoms with E-state index in [0.717, 1.165) is 18.4 Å². The van der Waals surface area contributed by atoms with Gasteiger partial charge in [-0.2, -0.15) is 5.10 Å². The first-order valence-electron chi connectivity index (χ1n) is 7.33. The maximum absolute atomic E-state index is 11.9. The van der Waals surface area contributed by atoms with Gasteiger partial charge < -0.3 is 0 Å². The van der Waals surface area contributed by atoms with Crippen molar-refractivity contribution in [2.24, 2.45) is 5.10 Å². The quantitative estimate of drug-likeness (QED) is 0.535. The monoisotopic (exact) mass is 309 g/mol. The standard InChI is InChI=1S/C17H15N3O3/c21-17(15-5-2-6-16(10-15)20(22)23)19-18-11-12-7-8-13-3-1-4-14(13)9-12/h2,5-11H,1,3-4H2,(H,19,21)/b18-11+. The van der Waals surface area contributed by atoms with Gasteiger partial charge in [-0.25, -0.2) is 5.43 Å². The zero-order chi connectivity index (χ0) is 16.2. The van der Waals surface area contributed by atoms with Gasteiger partial charge in [0.05, 0.1) is 11.1 Å². The Labute approximate surface area is 133 Å². The van der Waals surface area contributed by atoms with Crippen LogP contribution in [0.4, 0.5) is 5.69 Å². The first-order valence-corrected chi connectivity index (χ1v) is 7.33. The summed E-state index contributed by atoms with van der Waals surface area (Å²) in [6.07, 6.45) is 4.96. The van der Waals surface area contributed by atoms with Gasteiger partial charge in [-0.05, 0) is 48.1 Å². The zero-order valence-electron chi connectivity index (χ0n) is 12.4. The summed E-state index contributed by atoms with van der Waals surface area (Å²) in [6.45, 7) is 0. The number of rotatable bonds is 4. The molecule has 0 saturated heterocycles. The third-order valence-electron chi connectivity index (χ3n) is 3.82. The van der Waals surface area contributed by atoms with Crippen LogP contribution in [0.3, 0.4) is 0 Å². The van der Waals surface area contributed by atoms with E-state index >= 15 is 0 Å². The predicted octanol–water partition coefficient (Wildman–Crippen LogP) is 2.85. The molecule has 0 heterocycles. The number of nitro benzene ring substituents is 1. The van der Waals surface area contributed by atoms with Crippen LogP contribution >= 0.6 is 0 Å². The second kappa shape index (κ2) is 6.39. The van der Waals surface area contributed by atoms with Crippen LogP contribution in [0.5, 0.6) is 0 Å². The molecule has 6 nitrogen and oxygen atoms in total. The topological polar surface area (TPSA) is 84.6 Å². The summed E-state index contributed by atoms with van der Waals surface area (Å²) in [5, 5.41) is 14.6. The van der Waals surface area contributed by atoms with Crippen LogP contribution in [0.15, 0.2) is 47.6 Å². The lowest BCUT2D eigenvalue weighted by Gasteiger charge is -2.01. The maximum atomic E-state index is 11.9. The number of nitro groups is 1. The first-order chi connectivity index (χ1) is 11.1. The van der Waals surface area contributed by atoms with E-state index in [9.17, 15) is 14.9 Å². The largest absolute Gasteiger partial charge is 0.271 e. The Morgan fingerprint density at radius 2 is 2.00 bits per heavy atom. The first kappa shape index (κ1) is 14.9. The number of non-ortho nitro benzene ring substituents is 1. The Kier molecular flexibility index (Phi) is 4.14.